The normalized spacial score (nSPS) is 11.3. The number of hydrogen-bond acceptors (Lipinski definition) is 3. The summed E-state index contributed by atoms with van der Waals surface area (Å²) >= 11 is 13.1. The number of anilines is 1. The number of nitrogens with one attached hydrogen (secondary N) is 1. The van der Waals surface area contributed by atoms with Gasteiger partial charge in [-0.2, -0.15) is 0 Å². The average Bonchev–Trinajstić information content (AvgIpc) is 2.38. The van der Waals surface area contributed by atoms with Crippen molar-refractivity contribution in [1.29, 1.82) is 0 Å². The first kappa shape index (κ1) is 15.5. The molecule has 2 aromatic rings. The Morgan fingerprint density at radius 2 is 1.65 bits per heavy atom. The summed E-state index contributed by atoms with van der Waals surface area (Å²) in [6.45, 7) is 0. The molecule has 0 aromatic heterocycles. The zero-order valence-corrected chi connectivity index (χ0v) is 13.6. The number of para-hydroxylation sites is 1. The average molecular weight is 348 g/mol. The Bertz CT molecular complexity index is 713. The molecule has 2 aromatic carbocycles. The summed E-state index contributed by atoms with van der Waals surface area (Å²) < 4.78 is 27.2. The number of thioether (sulfide) groups is 1. The van der Waals surface area contributed by atoms with Crippen LogP contribution in [0.1, 0.15) is 0 Å². The smallest absolute Gasteiger partial charge is 0.262 e. The molecule has 0 atom stereocenters. The van der Waals surface area contributed by atoms with Crippen LogP contribution < -0.4 is 4.72 Å². The predicted octanol–water partition coefficient (Wildman–Crippen LogP) is 4.52. The Morgan fingerprint density at radius 1 is 1.05 bits per heavy atom. The Labute approximate surface area is 132 Å². The fraction of sp³-hybridized carbons (Fsp3) is 0.0769. The maximum Gasteiger partial charge on any atom is 0.262 e. The molecule has 7 heteroatoms. The number of hydrogen-bond donors (Lipinski definition) is 1. The third-order valence-corrected chi connectivity index (χ3v) is 5.07. The molecule has 0 spiro atoms. The summed E-state index contributed by atoms with van der Waals surface area (Å²) in [6.07, 6.45) is 1.88. The molecule has 0 radical (unpaired) electrons. The van der Waals surface area contributed by atoms with Gasteiger partial charge in [0.1, 0.15) is 0 Å². The first-order chi connectivity index (χ1) is 9.42. The van der Waals surface area contributed by atoms with Gasteiger partial charge in [0.15, 0.2) is 0 Å². The number of benzene rings is 2. The number of rotatable bonds is 4. The lowest BCUT2D eigenvalue weighted by molar-refractivity contribution is 0.601. The molecule has 0 aliphatic rings. The topological polar surface area (TPSA) is 46.2 Å². The molecule has 1 N–H and O–H groups in total. The summed E-state index contributed by atoms with van der Waals surface area (Å²) in [5, 5.41) is 0.548. The van der Waals surface area contributed by atoms with Gasteiger partial charge in [0.05, 0.1) is 10.6 Å². The molecule has 20 heavy (non-hydrogen) atoms. The van der Waals surface area contributed by atoms with Crippen molar-refractivity contribution in [3.63, 3.8) is 0 Å². The van der Waals surface area contributed by atoms with E-state index in [0.29, 0.717) is 5.69 Å². The lowest BCUT2D eigenvalue weighted by Gasteiger charge is -2.11. The molecular weight excluding hydrogens is 337 g/mol. The van der Waals surface area contributed by atoms with Gasteiger partial charge in [-0.05, 0) is 36.6 Å². The van der Waals surface area contributed by atoms with Crippen molar-refractivity contribution in [2.75, 3.05) is 11.0 Å². The highest BCUT2D eigenvalue weighted by Crippen LogP contribution is 2.28. The van der Waals surface area contributed by atoms with Crippen LogP contribution in [0.3, 0.4) is 0 Å². The van der Waals surface area contributed by atoms with Gasteiger partial charge in [-0.25, -0.2) is 8.42 Å². The van der Waals surface area contributed by atoms with Crippen molar-refractivity contribution in [2.45, 2.75) is 9.79 Å². The third-order valence-electron chi connectivity index (χ3n) is 2.50. The van der Waals surface area contributed by atoms with Gasteiger partial charge < -0.3 is 0 Å². The van der Waals surface area contributed by atoms with E-state index in [2.05, 4.69) is 4.72 Å². The standard InChI is InChI=1S/C13H11Cl2NO2S2/c1-19-13-5-3-2-4-12(13)16-20(17,18)11-7-9(14)6-10(15)8-11/h2-8,16H,1H3. The first-order valence-electron chi connectivity index (χ1n) is 5.54. The lowest BCUT2D eigenvalue weighted by atomic mass is 10.3. The van der Waals surface area contributed by atoms with Gasteiger partial charge in [0.2, 0.25) is 0 Å². The Morgan fingerprint density at radius 3 is 2.25 bits per heavy atom. The van der Waals surface area contributed by atoms with Crippen LogP contribution in [-0.4, -0.2) is 14.7 Å². The van der Waals surface area contributed by atoms with Crippen molar-refractivity contribution in [2.24, 2.45) is 0 Å². The van der Waals surface area contributed by atoms with Crippen molar-refractivity contribution >= 4 is 50.7 Å². The molecule has 106 valence electrons. The Balaban J connectivity index is 2.41. The molecule has 0 aliphatic heterocycles. The highest BCUT2D eigenvalue weighted by Gasteiger charge is 2.17. The molecule has 0 amide bonds. The zero-order valence-electron chi connectivity index (χ0n) is 10.4. The second-order valence-corrected chi connectivity index (χ2v) is 7.31. The minimum absolute atomic E-state index is 0.0332. The summed E-state index contributed by atoms with van der Waals surface area (Å²) in [5.41, 5.74) is 0.524. The summed E-state index contributed by atoms with van der Waals surface area (Å²) in [4.78, 5) is 0.870. The molecule has 0 fully saturated rings. The SMILES string of the molecule is CSc1ccccc1NS(=O)(=O)c1cc(Cl)cc(Cl)c1. The molecule has 0 bridgehead atoms. The molecule has 0 aliphatic carbocycles. The predicted molar refractivity (Wildman–Crippen MR) is 85.5 cm³/mol. The van der Waals surface area contributed by atoms with Crippen LogP contribution in [-0.2, 0) is 10.0 Å². The second kappa shape index (κ2) is 6.26. The van der Waals surface area contributed by atoms with Gasteiger partial charge >= 0.3 is 0 Å². The van der Waals surface area contributed by atoms with Crippen molar-refractivity contribution in [1.82, 2.24) is 0 Å². The molecule has 0 saturated heterocycles. The summed E-state index contributed by atoms with van der Waals surface area (Å²) in [6, 6.07) is 11.4. The van der Waals surface area contributed by atoms with Crippen LogP contribution in [0, 0.1) is 0 Å². The first-order valence-corrected chi connectivity index (χ1v) is 9.01. The minimum atomic E-state index is -3.72. The van der Waals surface area contributed by atoms with E-state index in [0.717, 1.165) is 4.90 Å². The molecular formula is C13H11Cl2NO2S2. The van der Waals surface area contributed by atoms with E-state index in [1.54, 1.807) is 12.1 Å². The van der Waals surface area contributed by atoms with Crippen LogP contribution in [0.4, 0.5) is 5.69 Å². The Hall–Kier alpha value is -0.880. The van der Waals surface area contributed by atoms with Gasteiger partial charge in [0, 0.05) is 14.9 Å². The third kappa shape index (κ3) is 3.61. The summed E-state index contributed by atoms with van der Waals surface area (Å²) in [5.74, 6) is 0. The van der Waals surface area contributed by atoms with E-state index in [9.17, 15) is 8.42 Å². The molecule has 2 rings (SSSR count). The minimum Gasteiger partial charge on any atom is -0.278 e. The van der Waals surface area contributed by atoms with Crippen molar-refractivity contribution < 1.29 is 8.42 Å². The van der Waals surface area contributed by atoms with E-state index < -0.39 is 10.0 Å². The molecule has 3 nitrogen and oxygen atoms in total. The maximum absolute atomic E-state index is 12.3. The van der Waals surface area contributed by atoms with E-state index in [-0.39, 0.29) is 14.9 Å². The van der Waals surface area contributed by atoms with Gasteiger partial charge in [0.25, 0.3) is 10.0 Å². The number of sulfonamides is 1. The lowest BCUT2D eigenvalue weighted by Crippen LogP contribution is -2.13. The summed E-state index contributed by atoms with van der Waals surface area (Å²) in [7, 11) is -3.72. The van der Waals surface area contributed by atoms with Crippen LogP contribution in [0.5, 0.6) is 0 Å². The van der Waals surface area contributed by atoms with Crippen LogP contribution in [0.25, 0.3) is 0 Å². The highest BCUT2D eigenvalue weighted by molar-refractivity contribution is 7.99. The van der Waals surface area contributed by atoms with E-state index in [1.165, 1.54) is 30.0 Å². The maximum atomic E-state index is 12.3. The van der Waals surface area contributed by atoms with Crippen LogP contribution in [0.15, 0.2) is 52.3 Å². The van der Waals surface area contributed by atoms with Gasteiger partial charge in [-0.15, -0.1) is 11.8 Å². The Kier molecular flexibility index (Phi) is 4.86. The monoisotopic (exact) mass is 347 g/mol. The van der Waals surface area contributed by atoms with Crippen molar-refractivity contribution in [3.8, 4) is 0 Å². The van der Waals surface area contributed by atoms with Gasteiger partial charge in [-0.3, -0.25) is 4.72 Å². The molecule has 0 unspecified atom stereocenters. The van der Waals surface area contributed by atoms with Crippen molar-refractivity contribution in [3.05, 3.63) is 52.5 Å². The molecule has 0 saturated carbocycles. The van der Waals surface area contributed by atoms with Crippen LogP contribution >= 0.6 is 35.0 Å². The fourth-order valence-electron chi connectivity index (χ4n) is 1.62. The van der Waals surface area contributed by atoms with Gasteiger partial charge in [-0.1, -0.05) is 35.3 Å². The van der Waals surface area contributed by atoms with Crippen LogP contribution in [0.2, 0.25) is 10.0 Å². The van der Waals surface area contributed by atoms with E-state index in [1.807, 2.05) is 18.4 Å². The second-order valence-electron chi connectivity index (χ2n) is 3.91. The quantitative estimate of drug-likeness (QED) is 0.827. The number of halogens is 2. The largest absolute Gasteiger partial charge is 0.278 e. The van der Waals surface area contributed by atoms with E-state index >= 15 is 0 Å². The van der Waals surface area contributed by atoms with E-state index in [4.69, 9.17) is 23.2 Å². The highest BCUT2D eigenvalue weighted by atomic mass is 35.5. The molecule has 0 heterocycles. The zero-order chi connectivity index (χ0) is 14.8. The fourth-order valence-corrected chi connectivity index (χ4v) is 4.04.